The first-order valence-corrected chi connectivity index (χ1v) is 17.6. The number of Topliss-reactive ketones (excluding diaryl/α,β-unsaturated/α-hetero) is 5. The Morgan fingerprint density at radius 3 is 1.30 bits per heavy atom. The molecule has 1 unspecified atom stereocenters. The predicted octanol–water partition coefficient (Wildman–Crippen LogP) is -1.25. The maximum Gasteiger partial charge on any atom is 0.267 e. The Morgan fingerprint density at radius 1 is 0.522 bits per heavy atom. The molecule has 1 aliphatic carbocycles. The van der Waals surface area contributed by atoms with Gasteiger partial charge in [-0.05, 0) is 54.5 Å². The van der Waals surface area contributed by atoms with E-state index in [1.54, 1.807) is 0 Å². The Morgan fingerprint density at radius 2 is 0.881 bits per heavy atom. The van der Waals surface area contributed by atoms with E-state index in [9.17, 15) is 117 Å². The Kier molecular flexibility index (Phi) is 10.5. The summed E-state index contributed by atoms with van der Waals surface area (Å²) in [5, 5.41) is 220. The first-order chi connectivity index (χ1) is 33.0. The lowest BCUT2D eigenvalue weighted by Gasteiger charge is -2.51. The summed E-state index contributed by atoms with van der Waals surface area (Å²) in [5.41, 5.74) is -27.4. The van der Waals surface area contributed by atoms with Crippen molar-refractivity contribution in [1.82, 2.24) is 0 Å². The van der Waals surface area contributed by atoms with E-state index in [4.69, 9.17) is 6.85 Å². The third-order valence-electron chi connectivity index (χ3n) is 9.87. The van der Waals surface area contributed by atoms with Crippen LogP contribution in [0.5, 0.6) is 69.0 Å². The average Bonchev–Trinajstić information content (AvgIpc) is 3.35. The summed E-state index contributed by atoms with van der Waals surface area (Å²) < 4.78 is 41.2. The summed E-state index contributed by atoms with van der Waals surface area (Å²) in [6.45, 7) is 0. The third-order valence-corrected chi connectivity index (χ3v) is 9.87. The first-order valence-electron chi connectivity index (χ1n) is 20.1. The van der Waals surface area contributed by atoms with Gasteiger partial charge in [0.05, 0.1) is 6.85 Å². The molecule has 0 aromatic heterocycles. The van der Waals surface area contributed by atoms with E-state index in [0.717, 1.165) is 0 Å². The highest BCUT2D eigenvalue weighted by molar-refractivity contribution is 6.47. The molecule has 26 nitrogen and oxygen atoms in total. The zero-order chi connectivity index (χ0) is 55.1. The summed E-state index contributed by atoms with van der Waals surface area (Å²) in [7, 11) is 0. The number of aliphatic hydroxyl groups is 8. The highest BCUT2D eigenvalue weighted by Crippen LogP contribution is 2.50. The molecule has 4 aromatic rings. The van der Waals surface area contributed by atoms with Crippen LogP contribution in [0.25, 0.3) is 0 Å². The number of aromatic hydroxyl groups is 12. The first kappa shape index (κ1) is 41.9. The van der Waals surface area contributed by atoms with Gasteiger partial charge in [0.15, 0.2) is 97.7 Å². The van der Waals surface area contributed by atoms with Gasteiger partial charge in [0, 0.05) is 33.9 Å². The van der Waals surface area contributed by atoms with Gasteiger partial charge in [0.1, 0.15) is 12.2 Å². The lowest BCUT2D eigenvalue weighted by Crippen LogP contribution is -2.81. The number of rotatable bonds is 14. The van der Waals surface area contributed by atoms with Gasteiger partial charge >= 0.3 is 0 Å². The Hall–Kier alpha value is -9.08. The van der Waals surface area contributed by atoms with Crippen molar-refractivity contribution in [2.75, 3.05) is 0 Å². The molecule has 0 heterocycles. The zero-order valence-corrected chi connectivity index (χ0v) is 32.4. The van der Waals surface area contributed by atoms with Crippen molar-refractivity contribution in [1.29, 1.82) is 0 Å². The van der Waals surface area contributed by atoms with Crippen LogP contribution in [0.1, 0.15) is 48.3 Å². The second-order valence-electron chi connectivity index (χ2n) is 13.9. The second-order valence-corrected chi connectivity index (χ2v) is 13.9. The lowest BCUT2D eigenvalue weighted by molar-refractivity contribution is -0.218. The van der Waals surface area contributed by atoms with Gasteiger partial charge in [-0.1, -0.05) is 0 Å². The highest BCUT2D eigenvalue weighted by atomic mass is 16.4. The van der Waals surface area contributed by atoms with Gasteiger partial charge in [0.25, 0.3) is 5.78 Å². The van der Waals surface area contributed by atoms with E-state index in [2.05, 4.69) is 0 Å². The van der Waals surface area contributed by atoms with Crippen LogP contribution < -0.4 is 0 Å². The molecule has 0 saturated carbocycles. The molecule has 0 spiro atoms. The number of benzene rings is 4. The van der Waals surface area contributed by atoms with Crippen molar-refractivity contribution in [3.05, 3.63) is 106 Å². The standard InChI is InChI=1S/C41H32O26/c42-16-1-11(2-17(43)28(16)54)26(52)33(59)38(64)40(66,35(61)14-7-22(48)31(57)23(49)8-14)41(67,36(62)15-9-24(50)32(58)25(51)10-15)39(65,34(60)13-5-20(46)30(56)21(47)6-13)37(63)27(53)12-3-18(44)29(55)19(45)4-12/h1-10,33,38,42-44,46-51,53-54,56-59,63-67H/b37-27+/t33?,38-,39+,40-,41-/m1/s1/i1D,4D,5D,7D,9D. The van der Waals surface area contributed by atoms with Gasteiger partial charge < -0.3 is 102 Å². The molecule has 5 atom stereocenters. The van der Waals surface area contributed by atoms with Crippen LogP contribution in [0.4, 0.5) is 0 Å². The smallest absolute Gasteiger partial charge is 0.267 e. The van der Waals surface area contributed by atoms with E-state index in [-0.39, 0.29) is 30.3 Å². The number of hydrogen-bond acceptors (Lipinski definition) is 26. The average molecular weight is 946 g/mol. The van der Waals surface area contributed by atoms with E-state index < -0.39 is 208 Å². The highest BCUT2D eigenvalue weighted by Gasteiger charge is 2.77. The molecule has 1 aliphatic rings. The van der Waals surface area contributed by atoms with Crippen LogP contribution in [0.3, 0.4) is 0 Å². The van der Waals surface area contributed by atoms with Crippen LogP contribution in [0.15, 0.2) is 83.4 Å². The van der Waals surface area contributed by atoms with Crippen molar-refractivity contribution in [3.63, 3.8) is 0 Å². The number of phenolic OH excluding ortho intramolecular Hbond substituents is 12. The molecule has 0 bridgehead atoms. The maximum atomic E-state index is 15.4. The Balaban J connectivity index is 2.17. The topological polar surface area (TPSA) is 507 Å². The van der Waals surface area contributed by atoms with Crippen molar-refractivity contribution in [2.45, 2.75) is 29.0 Å². The summed E-state index contributed by atoms with van der Waals surface area (Å²) in [5.74, 6) is -44.7. The van der Waals surface area contributed by atoms with E-state index in [1.165, 1.54) is 0 Å². The number of hydrogen-bond donors (Lipinski definition) is 20. The minimum Gasteiger partial charge on any atom is -0.505 e. The number of phenols is 12. The van der Waals surface area contributed by atoms with Gasteiger partial charge in [0.2, 0.25) is 34.3 Å². The quantitative estimate of drug-likeness (QED) is 0.0231. The molecule has 20 N–H and O–H groups in total. The molecule has 5 rings (SSSR count). The van der Waals surface area contributed by atoms with Crippen molar-refractivity contribution >= 4 is 34.7 Å². The molecule has 0 amide bonds. The second kappa shape index (κ2) is 16.8. The van der Waals surface area contributed by atoms with Crippen LogP contribution in [0.2, 0.25) is 0 Å². The fourth-order valence-electron chi connectivity index (χ4n) is 6.35. The molecule has 4 aromatic carbocycles. The van der Waals surface area contributed by atoms with Gasteiger partial charge in [-0.25, -0.2) is 0 Å². The minimum absolute atomic E-state index is 0.0114. The number of carbonyl (C=O) groups excluding carboxylic acids is 6. The number of allylic oxidation sites excluding steroid dienone is 3. The van der Waals surface area contributed by atoms with E-state index in [0.29, 0.717) is 0 Å². The van der Waals surface area contributed by atoms with E-state index >= 15 is 14.4 Å². The lowest BCUT2D eigenvalue weighted by atomic mass is 9.58. The number of aliphatic hydroxyl groups excluding tert-OH is 5. The monoisotopic (exact) mass is 945 g/mol. The molecule has 26 heteroatoms. The summed E-state index contributed by atoms with van der Waals surface area (Å²) >= 11 is 0. The predicted molar refractivity (Wildman–Crippen MR) is 211 cm³/mol. The molecular formula is C41H32O26. The van der Waals surface area contributed by atoms with Crippen LogP contribution in [-0.2, 0) is 9.59 Å². The van der Waals surface area contributed by atoms with Crippen LogP contribution >= 0.6 is 0 Å². The van der Waals surface area contributed by atoms with Gasteiger partial charge in [-0.3, -0.25) is 28.8 Å². The molecule has 0 aliphatic heterocycles. The van der Waals surface area contributed by atoms with Crippen molar-refractivity contribution in [3.8, 4) is 69.0 Å². The van der Waals surface area contributed by atoms with Crippen LogP contribution in [0, 0.1) is 0 Å². The molecule has 0 fully saturated rings. The molecule has 0 radical (unpaired) electrons. The van der Waals surface area contributed by atoms with Crippen molar-refractivity contribution < 1.29 is 138 Å². The molecule has 0 saturated heterocycles. The molecule has 67 heavy (non-hydrogen) atoms. The minimum atomic E-state index is -6.07. The SMILES string of the molecule is [2H]C1=C(/C(O)=C(\O)[C@@](O)(C(=O)c2cc(O)c(O)c(O)c2[2H])[C@](O)(C(=O)c2cc(O)c(O)c(O)c2[2H])[C@@](O)(C(=O)c2cc(O)c(O)c(O)c2[2H])[C@H](O)C(O)C(=O)c2cc(O)c(O)c(O)c2[2H])C=C(O)C(=O)C1=O. The zero-order valence-electron chi connectivity index (χ0n) is 37.4. The van der Waals surface area contributed by atoms with Gasteiger partial charge in [-0.2, -0.15) is 0 Å². The van der Waals surface area contributed by atoms with Gasteiger partial charge in [-0.15, -0.1) is 0 Å². The van der Waals surface area contributed by atoms with Crippen molar-refractivity contribution in [2.24, 2.45) is 0 Å². The normalized spacial score (nSPS) is 18.0. The largest absolute Gasteiger partial charge is 0.505 e. The number of carbonyl (C=O) groups is 6. The third kappa shape index (κ3) is 7.54. The van der Waals surface area contributed by atoms with Crippen LogP contribution in [-0.4, -0.2) is 166 Å². The van der Waals surface area contributed by atoms with E-state index in [1.807, 2.05) is 0 Å². The fraction of sp³-hybridized carbons (Fsp3) is 0.122. The molecular weight excluding hydrogens is 908 g/mol. The Bertz CT molecular complexity index is 3250. The fourth-order valence-corrected chi connectivity index (χ4v) is 6.35. The summed E-state index contributed by atoms with van der Waals surface area (Å²) in [6.07, 6.45) is -8.65. The number of ketones is 6. The molecule has 352 valence electrons. The maximum absolute atomic E-state index is 15.4. The Labute approximate surface area is 376 Å². The summed E-state index contributed by atoms with van der Waals surface area (Å²) in [6, 6.07) is -10.2. The summed E-state index contributed by atoms with van der Waals surface area (Å²) in [4.78, 5) is 84.6.